The van der Waals surface area contributed by atoms with Gasteiger partial charge < -0.3 is 15.0 Å². The zero-order chi connectivity index (χ0) is 21.5. The molecule has 0 radical (unpaired) electrons. The third-order valence-electron chi connectivity index (χ3n) is 5.11. The number of halogens is 1. The molecule has 3 heterocycles. The third-order valence-corrected chi connectivity index (χ3v) is 6.10. The van der Waals surface area contributed by atoms with Crippen molar-refractivity contribution in [3.63, 3.8) is 0 Å². The van der Waals surface area contributed by atoms with E-state index in [1.807, 2.05) is 12.1 Å². The number of rotatable bonds is 7. The van der Waals surface area contributed by atoms with Crippen LogP contribution in [-0.2, 0) is 11.3 Å². The Morgan fingerprint density at radius 3 is 2.71 bits per heavy atom. The Bertz CT molecular complexity index is 964. The number of pyridine rings is 1. The average molecular weight is 457 g/mol. The van der Waals surface area contributed by atoms with E-state index in [4.69, 9.17) is 16.3 Å². The first-order chi connectivity index (χ1) is 15.2. The highest BCUT2D eigenvalue weighted by atomic mass is 35.5. The normalized spacial score (nSPS) is 14.8. The SMILES string of the molecule is O=C(COc1ccc(Cl)cc1)Nc1ccc(N2CCCN(Cc3ccsc3)CC2)nc1. The lowest BCUT2D eigenvalue weighted by molar-refractivity contribution is -0.118. The van der Waals surface area contributed by atoms with Gasteiger partial charge in [0, 0.05) is 37.7 Å². The van der Waals surface area contributed by atoms with Crippen LogP contribution in [0.2, 0.25) is 5.02 Å². The predicted octanol–water partition coefficient (Wildman–Crippen LogP) is 4.53. The number of carbonyl (C=O) groups is 1. The molecule has 1 aliphatic rings. The van der Waals surface area contributed by atoms with E-state index in [2.05, 4.69) is 36.9 Å². The van der Waals surface area contributed by atoms with Gasteiger partial charge in [-0.2, -0.15) is 11.3 Å². The molecule has 0 saturated carbocycles. The largest absolute Gasteiger partial charge is 0.484 e. The molecule has 1 aromatic carbocycles. The van der Waals surface area contributed by atoms with Crippen LogP contribution in [0.1, 0.15) is 12.0 Å². The molecule has 0 aliphatic carbocycles. The van der Waals surface area contributed by atoms with Crippen LogP contribution in [0.5, 0.6) is 5.75 Å². The first-order valence-corrected chi connectivity index (χ1v) is 11.6. The van der Waals surface area contributed by atoms with E-state index in [1.54, 1.807) is 41.8 Å². The van der Waals surface area contributed by atoms with Crippen molar-refractivity contribution in [3.8, 4) is 5.75 Å². The molecule has 0 spiro atoms. The fourth-order valence-corrected chi connectivity index (χ4v) is 4.31. The van der Waals surface area contributed by atoms with E-state index in [-0.39, 0.29) is 12.5 Å². The van der Waals surface area contributed by atoms with Crippen LogP contribution in [0.15, 0.2) is 59.4 Å². The number of ether oxygens (including phenoxy) is 1. The number of aromatic nitrogens is 1. The number of carbonyl (C=O) groups excluding carboxylic acids is 1. The summed E-state index contributed by atoms with van der Waals surface area (Å²) in [7, 11) is 0. The summed E-state index contributed by atoms with van der Waals surface area (Å²) in [5, 5.41) is 7.80. The van der Waals surface area contributed by atoms with Gasteiger partial charge in [0.2, 0.25) is 0 Å². The second-order valence-electron chi connectivity index (χ2n) is 7.44. The van der Waals surface area contributed by atoms with E-state index in [1.165, 1.54) is 5.56 Å². The molecule has 31 heavy (non-hydrogen) atoms. The summed E-state index contributed by atoms with van der Waals surface area (Å²) in [6.45, 7) is 4.96. The summed E-state index contributed by atoms with van der Waals surface area (Å²) >= 11 is 7.60. The van der Waals surface area contributed by atoms with E-state index in [0.717, 1.165) is 45.0 Å². The van der Waals surface area contributed by atoms with Crippen molar-refractivity contribution < 1.29 is 9.53 Å². The van der Waals surface area contributed by atoms with Gasteiger partial charge in [-0.25, -0.2) is 4.98 Å². The first-order valence-electron chi connectivity index (χ1n) is 10.3. The van der Waals surface area contributed by atoms with Gasteiger partial charge in [0.05, 0.1) is 11.9 Å². The van der Waals surface area contributed by atoms with Crippen LogP contribution in [0.4, 0.5) is 11.5 Å². The quantitative estimate of drug-likeness (QED) is 0.566. The molecule has 2 aromatic heterocycles. The molecule has 4 rings (SSSR count). The van der Waals surface area contributed by atoms with E-state index in [9.17, 15) is 4.79 Å². The monoisotopic (exact) mass is 456 g/mol. The number of nitrogens with one attached hydrogen (secondary N) is 1. The topological polar surface area (TPSA) is 57.7 Å². The maximum Gasteiger partial charge on any atom is 0.262 e. The van der Waals surface area contributed by atoms with Crippen molar-refractivity contribution in [1.29, 1.82) is 0 Å². The Hall–Kier alpha value is -2.61. The smallest absolute Gasteiger partial charge is 0.262 e. The van der Waals surface area contributed by atoms with E-state index >= 15 is 0 Å². The van der Waals surface area contributed by atoms with Gasteiger partial charge >= 0.3 is 0 Å². The summed E-state index contributed by atoms with van der Waals surface area (Å²) in [6, 6.07) is 13.0. The highest BCUT2D eigenvalue weighted by molar-refractivity contribution is 7.07. The Morgan fingerprint density at radius 1 is 1.10 bits per heavy atom. The van der Waals surface area contributed by atoms with Crippen LogP contribution in [0.3, 0.4) is 0 Å². The van der Waals surface area contributed by atoms with Crippen molar-refractivity contribution in [3.05, 3.63) is 70.0 Å². The summed E-state index contributed by atoms with van der Waals surface area (Å²) in [6.07, 6.45) is 2.80. The molecule has 1 aliphatic heterocycles. The van der Waals surface area contributed by atoms with Crippen molar-refractivity contribution in [2.75, 3.05) is 43.0 Å². The van der Waals surface area contributed by atoms with Crippen molar-refractivity contribution in [2.45, 2.75) is 13.0 Å². The lowest BCUT2D eigenvalue weighted by atomic mass is 10.3. The van der Waals surface area contributed by atoms with Crippen molar-refractivity contribution >= 4 is 40.4 Å². The van der Waals surface area contributed by atoms with Gasteiger partial charge in [-0.3, -0.25) is 9.69 Å². The van der Waals surface area contributed by atoms with Gasteiger partial charge in [-0.15, -0.1) is 0 Å². The lowest BCUT2D eigenvalue weighted by Crippen LogP contribution is -2.30. The maximum atomic E-state index is 12.1. The number of thiophene rings is 1. The van der Waals surface area contributed by atoms with E-state index < -0.39 is 0 Å². The van der Waals surface area contributed by atoms with Crippen LogP contribution < -0.4 is 15.0 Å². The Balaban J connectivity index is 1.25. The number of nitrogens with zero attached hydrogens (tertiary/aromatic N) is 3. The molecule has 0 atom stereocenters. The fourth-order valence-electron chi connectivity index (χ4n) is 3.52. The summed E-state index contributed by atoms with van der Waals surface area (Å²) in [5.74, 6) is 1.30. The fraction of sp³-hybridized carbons (Fsp3) is 0.304. The molecular weight excluding hydrogens is 432 g/mol. The molecule has 1 saturated heterocycles. The second kappa shape index (κ2) is 10.6. The standard InChI is InChI=1S/C23H25ClN4O2S/c24-19-2-5-21(6-3-19)30-16-23(29)26-20-4-7-22(25-14-20)28-10-1-9-27(11-12-28)15-18-8-13-31-17-18/h2-8,13-14,17H,1,9-12,15-16H2,(H,26,29). The number of hydrogen-bond donors (Lipinski definition) is 1. The number of hydrogen-bond acceptors (Lipinski definition) is 6. The minimum atomic E-state index is -0.233. The van der Waals surface area contributed by atoms with Crippen molar-refractivity contribution in [1.82, 2.24) is 9.88 Å². The molecule has 3 aromatic rings. The average Bonchev–Trinajstić information content (AvgIpc) is 3.18. The number of amides is 1. The Morgan fingerprint density at radius 2 is 1.97 bits per heavy atom. The molecule has 6 nitrogen and oxygen atoms in total. The van der Waals surface area contributed by atoms with Crippen LogP contribution >= 0.6 is 22.9 Å². The zero-order valence-corrected chi connectivity index (χ0v) is 18.7. The summed E-state index contributed by atoms with van der Waals surface area (Å²) in [4.78, 5) is 21.5. The Kier molecular flexibility index (Phi) is 7.40. The molecule has 0 bridgehead atoms. The molecule has 1 N–H and O–H groups in total. The van der Waals surface area contributed by atoms with E-state index in [0.29, 0.717) is 16.5 Å². The Labute approximate surface area is 191 Å². The first kappa shape index (κ1) is 21.6. The number of benzene rings is 1. The summed E-state index contributed by atoms with van der Waals surface area (Å²) < 4.78 is 5.47. The maximum absolute atomic E-state index is 12.1. The van der Waals surface area contributed by atoms with Gasteiger partial charge in [-0.05, 0) is 65.2 Å². The molecule has 1 amide bonds. The number of anilines is 2. The molecule has 162 valence electrons. The van der Waals surface area contributed by atoms with Crippen molar-refractivity contribution in [2.24, 2.45) is 0 Å². The molecule has 0 unspecified atom stereocenters. The highest BCUT2D eigenvalue weighted by Gasteiger charge is 2.16. The minimum Gasteiger partial charge on any atom is -0.484 e. The van der Waals surface area contributed by atoms with Gasteiger partial charge in [0.1, 0.15) is 11.6 Å². The minimum absolute atomic E-state index is 0.0739. The predicted molar refractivity (Wildman–Crippen MR) is 126 cm³/mol. The summed E-state index contributed by atoms with van der Waals surface area (Å²) in [5.41, 5.74) is 2.04. The van der Waals surface area contributed by atoms with Crippen LogP contribution in [-0.4, -0.2) is 48.6 Å². The lowest BCUT2D eigenvalue weighted by Gasteiger charge is -2.22. The van der Waals surface area contributed by atoms with Gasteiger partial charge in [-0.1, -0.05) is 11.6 Å². The molecular formula is C23H25ClN4O2S. The highest BCUT2D eigenvalue weighted by Crippen LogP contribution is 2.19. The zero-order valence-electron chi connectivity index (χ0n) is 17.2. The van der Waals surface area contributed by atoms with Gasteiger partial charge in [0.25, 0.3) is 5.91 Å². The van der Waals surface area contributed by atoms with Crippen LogP contribution in [0.25, 0.3) is 0 Å². The van der Waals surface area contributed by atoms with Crippen LogP contribution in [0, 0.1) is 0 Å². The van der Waals surface area contributed by atoms with Gasteiger partial charge in [0.15, 0.2) is 6.61 Å². The molecule has 1 fully saturated rings. The third kappa shape index (κ3) is 6.43. The second-order valence-corrected chi connectivity index (χ2v) is 8.66. The molecule has 8 heteroatoms.